The highest BCUT2D eigenvalue weighted by Crippen LogP contribution is 2.31. The second kappa shape index (κ2) is 7.23. The molecule has 0 spiro atoms. The Morgan fingerprint density at radius 1 is 1.44 bits per heavy atom. The summed E-state index contributed by atoms with van der Waals surface area (Å²) in [5.41, 5.74) is 1.16. The van der Waals surface area contributed by atoms with Gasteiger partial charge >= 0.3 is 0 Å². The fraction of sp³-hybridized carbons (Fsp3) is 0.846. The number of thioether (sulfide) groups is 1. The van der Waals surface area contributed by atoms with E-state index in [1.807, 2.05) is 11.8 Å². The van der Waals surface area contributed by atoms with E-state index in [0.29, 0.717) is 0 Å². The Bertz CT molecular complexity index is 212. The molecule has 2 unspecified atom stereocenters. The molecule has 1 aliphatic rings. The van der Waals surface area contributed by atoms with Crippen LogP contribution in [0.1, 0.15) is 33.6 Å². The highest BCUT2D eigenvalue weighted by atomic mass is 32.2. The van der Waals surface area contributed by atoms with Crippen molar-refractivity contribution in [1.29, 1.82) is 0 Å². The van der Waals surface area contributed by atoms with Crippen LogP contribution in [0.2, 0.25) is 0 Å². The highest BCUT2D eigenvalue weighted by molar-refractivity contribution is 8.06. The summed E-state index contributed by atoms with van der Waals surface area (Å²) in [7, 11) is 0. The van der Waals surface area contributed by atoms with Crippen LogP contribution >= 0.6 is 11.8 Å². The van der Waals surface area contributed by atoms with Crippen LogP contribution in [0.3, 0.4) is 0 Å². The Morgan fingerprint density at radius 3 is 2.50 bits per heavy atom. The zero-order chi connectivity index (χ0) is 12.0. The third-order valence-corrected chi connectivity index (χ3v) is 3.92. The van der Waals surface area contributed by atoms with Gasteiger partial charge in [-0.1, -0.05) is 19.9 Å². The molecule has 1 rings (SSSR count). The van der Waals surface area contributed by atoms with Crippen molar-refractivity contribution in [3.8, 4) is 0 Å². The Hall–Kier alpha value is -0.150. The molecule has 3 heteroatoms. The minimum absolute atomic E-state index is 0.228. The third-order valence-electron chi connectivity index (χ3n) is 2.98. The van der Waals surface area contributed by atoms with Crippen molar-refractivity contribution in [2.45, 2.75) is 45.0 Å². The maximum Gasteiger partial charge on any atom is 0.0965 e. The Morgan fingerprint density at radius 2 is 2.06 bits per heavy atom. The van der Waals surface area contributed by atoms with Crippen molar-refractivity contribution >= 4 is 11.8 Å². The molecule has 0 radical (unpaired) electrons. The molecule has 94 valence electrons. The number of rotatable bonds is 9. The smallest absolute Gasteiger partial charge is 0.0965 e. The van der Waals surface area contributed by atoms with Gasteiger partial charge in [-0.2, -0.15) is 11.8 Å². The summed E-state index contributed by atoms with van der Waals surface area (Å²) in [6.45, 7) is 13.7. The lowest BCUT2D eigenvalue weighted by Gasteiger charge is -2.29. The number of ether oxygens (including phenoxy) is 1. The van der Waals surface area contributed by atoms with E-state index in [1.165, 1.54) is 5.75 Å². The molecule has 0 aromatic rings. The van der Waals surface area contributed by atoms with Crippen molar-refractivity contribution in [1.82, 2.24) is 4.90 Å². The van der Waals surface area contributed by atoms with E-state index in [9.17, 15) is 0 Å². The molecule has 0 amide bonds. The molecule has 0 bridgehead atoms. The van der Waals surface area contributed by atoms with Gasteiger partial charge in [0.15, 0.2) is 0 Å². The maximum absolute atomic E-state index is 5.99. The summed E-state index contributed by atoms with van der Waals surface area (Å²) >= 11 is 1.99. The van der Waals surface area contributed by atoms with Gasteiger partial charge in [-0.05, 0) is 20.3 Å². The van der Waals surface area contributed by atoms with Crippen LogP contribution in [-0.4, -0.2) is 41.7 Å². The summed E-state index contributed by atoms with van der Waals surface area (Å²) in [4.78, 5) is 2.31. The van der Waals surface area contributed by atoms with Crippen LogP contribution < -0.4 is 0 Å². The summed E-state index contributed by atoms with van der Waals surface area (Å²) in [5.74, 6) is 1.27. The van der Waals surface area contributed by atoms with Crippen LogP contribution in [0.25, 0.3) is 0 Å². The van der Waals surface area contributed by atoms with Crippen molar-refractivity contribution in [3.63, 3.8) is 0 Å². The molecular weight excluding hydrogens is 218 g/mol. The van der Waals surface area contributed by atoms with Gasteiger partial charge in [0.1, 0.15) is 0 Å². The fourth-order valence-electron chi connectivity index (χ4n) is 1.83. The summed E-state index contributed by atoms with van der Waals surface area (Å²) in [5, 5.41) is 0.754. The summed E-state index contributed by atoms with van der Waals surface area (Å²) in [6, 6.07) is 0. The molecule has 0 aromatic carbocycles. The van der Waals surface area contributed by atoms with Gasteiger partial charge in [0.25, 0.3) is 0 Å². The lowest BCUT2D eigenvalue weighted by atomic mass is 10.1. The molecule has 1 aliphatic heterocycles. The maximum atomic E-state index is 5.99. The first-order valence-corrected chi connectivity index (χ1v) is 7.44. The lowest BCUT2D eigenvalue weighted by Crippen LogP contribution is -2.31. The highest BCUT2D eigenvalue weighted by Gasteiger charge is 2.25. The summed E-state index contributed by atoms with van der Waals surface area (Å²) in [6.07, 6.45) is 2.47. The molecule has 2 atom stereocenters. The zero-order valence-electron chi connectivity index (χ0n) is 10.9. The molecule has 0 aromatic heterocycles. The summed E-state index contributed by atoms with van der Waals surface area (Å²) < 4.78 is 5.99. The molecule has 1 fully saturated rings. The average molecular weight is 243 g/mol. The van der Waals surface area contributed by atoms with E-state index in [4.69, 9.17) is 4.74 Å². The van der Waals surface area contributed by atoms with Crippen LogP contribution in [0.15, 0.2) is 12.3 Å². The van der Waals surface area contributed by atoms with E-state index in [2.05, 4.69) is 32.3 Å². The number of nitrogens with zero attached hydrogens (tertiary/aromatic N) is 1. The first kappa shape index (κ1) is 13.9. The first-order valence-electron chi connectivity index (χ1n) is 6.39. The number of hydrogen-bond donors (Lipinski definition) is 0. The second-order valence-corrected chi connectivity index (χ2v) is 5.56. The van der Waals surface area contributed by atoms with Crippen molar-refractivity contribution in [2.75, 3.05) is 25.4 Å². The first-order chi connectivity index (χ1) is 7.72. The van der Waals surface area contributed by atoms with Crippen LogP contribution in [-0.2, 0) is 4.74 Å². The van der Waals surface area contributed by atoms with Crippen molar-refractivity contribution in [3.05, 3.63) is 12.3 Å². The molecule has 16 heavy (non-hydrogen) atoms. The Kier molecular flexibility index (Phi) is 6.29. The molecule has 1 saturated heterocycles. The number of hydrogen-bond acceptors (Lipinski definition) is 3. The zero-order valence-corrected chi connectivity index (χ0v) is 11.7. The minimum atomic E-state index is 0.228. The van der Waals surface area contributed by atoms with Gasteiger partial charge in [0.2, 0.25) is 0 Å². The standard InChI is InChI=1S/C13H25NOS/c1-5-8-13(15-9-12-10-16-12)11(4)14(6-2)7-3/h12-13H,4-10H2,1-3H3. The molecule has 0 aliphatic carbocycles. The van der Waals surface area contributed by atoms with Crippen LogP contribution in [0.5, 0.6) is 0 Å². The molecule has 1 heterocycles. The van der Waals surface area contributed by atoms with Gasteiger partial charge < -0.3 is 9.64 Å². The Labute approximate surface area is 104 Å². The SMILES string of the molecule is C=C(C(CCC)OCC1CS1)N(CC)CC. The van der Waals surface area contributed by atoms with Gasteiger partial charge in [-0.3, -0.25) is 0 Å². The predicted octanol–water partition coefficient (Wildman–Crippen LogP) is 3.14. The van der Waals surface area contributed by atoms with Crippen LogP contribution in [0.4, 0.5) is 0 Å². The van der Waals surface area contributed by atoms with Gasteiger partial charge in [-0.15, -0.1) is 0 Å². The molecule has 0 saturated carbocycles. The Balaban J connectivity index is 2.41. The second-order valence-electron chi connectivity index (χ2n) is 4.23. The lowest BCUT2D eigenvalue weighted by molar-refractivity contribution is 0.0573. The van der Waals surface area contributed by atoms with E-state index in [0.717, 1.165) is 43.5 Å². The van der Waals surface area contributed by atoms with E-state index < -0.39 is 0 Å². The van der Waals surface area contributed by atoms with E-state index in [-0.39, 0.29) is 6.10 Å². The normalized spacial score (nSPS) is 20.6. The molecular formula is C13H25NOS. The van der Waals surface area contributed by atoms with Gasteiger partial charge in [0.05, 0.1) is 12.7 Å². The molecule has 2 nitrogen and oxygen atoms in total. The van der Waals surface area contributed by atoms with Gasteiger partial charge in [-0.25, -0.2) is 0 Å². The quantitative estimate of drug-likeness (QED) is 0.577. The van der Waals surface area contributed by atoms with Crippen molar-refractivity contribution < 1.29 is 4.74 Å². The van der Waals surface area contributed by atoms with Crippen LogP contribution in [0, 0.1) is 0 Å². The fourth-order valence-corrected chi connectivity index (χ4v) is 2.24. The van der Waals surface area contributed by atoms with Gasteiger partial charge in [0, 0.05) is 29.8 Å². The monoisotopic (exact) mass is 243 g/mol. The largest absolute Gasteiger partial charge is 0.374 e. The minimum Gasteiger partial charge on any atom is -0.374 e. The average Bonchev–Trinajstić information content (AvgIpc) is 3.09. The topological polar surface area (TPSA) is 12.5 Å². The third kappa shape index (κ3) is 4.38. The predicted molar refractivity (Wildman–Crippen MR) is 73.0 cm³/mol. The number of likely N-dealkylation sites (N-methyl/N-ethyl adjacent to an activating group) is 1. The van der Waals surface area contributed by atoms with E-state index >= 15 is 0 Å². The van der Waals surface area contributed by atoms with E-state index in [1.54, 1.807) is 0 Å². The van der Waals surface area contributed by atoms with Crippen molar-refractivity contribution in [2.24, 2.45) is 0 Å². The molecule has 0 N–H and O–H groups in total.